The maximum absolute atomic E-state index is 5.88. The molecule has 3 aromatic heterocycles. The molecular weight excluding hydrogens is 402 g/mol. The van der Waals surface area contributed by atoms with Gasteiger partial charge in [0.25, 0.3) is 5.78 Å². The van der Waals surface area contributed by atoms with Crippen molar-refractivity contribution < 1.29 is 4.74 Å². The molecule has 0 aliphatic heterocycles. The largest absolute Gasteiger partial charge is 0.486 e. The van der Waals surface area contributed by atoms with E-state index in [0.29, 0.717) is 23.2 Å². The smallest absolute Gasteiger partial charge is 0.256 e. The number of benzene rings is 1. The van der Waals surface area contributed by atoms with Gasteiger partial charge in [-0.3, -0.25) is 4.40 Å². The van der Waals surface area contributed by atoms with Gasteiger partial charge in [-0.15, -0.1) is 21.5 Å². The summed E-state index contributed by atoms with van der Waals surface area (Å²) in [6.45, 7) is 4.43. The summed E-state index contributed by atoms with van der Waals surface area (Å²) in [5.74, 6) is 2.12. The van der Waals surface area contributed by atoms with Gasteiger partial charge in [-0.2, -0.15) is 0 Å². The van der Waals surface area contributed by atoms with Crippen molar-refractivity contribution in [3.8, 4) is 5.75 Å². The molecule has 0 aliphatic rings. The van der Waals surface area contributed by atoms with Crippen LogP contribution < -0.4 is 4.74 Å². The van der Waals surface area contributed by atoms with E-state index in [1.807, 2.05) is 54.0 Å². The standard InChI is InChI=1S/C18H16ClN5OS2/c1-11-7-12(2)24-17(20-11)22-23-18(24)27-10-14-9-26-16(21-14)8-25-15-5-3-13(19)4-6-15/h3-7,9H,8,10H2,1-2H3. The number of hydrogen-bond acceptors (Lipinski definition) is 7. The van der Waals surface area contributed by atoms with Gasteiger partial charge in [0, 0.05) is 27.5 Å². The Kier molecular flexibility index (Phi) is 5.29. The molecule has 9 heteroatoms. The molecule has 0 N–H and O–H groups in total. The zero-order chi connectivity index (χ0) is 18.8. The van der Waals surface area contributed by atoms with Crippen LogP contribution in [0.2, 0.25) is 5.02 Å². The van der Waals surface area contributed by atoms with Gasteiger partial charge in [0.2, 0.25) is 0 Å². The van der Waals surface area contributed by atoms with Crippen molar-refractivity contribution in [3.63, 3.8) is 0 Å². The highest BCUT2D eigenvalue weighted by Crippen LogP contribution is 2.24. The number of halogens is 1. The SMILES string of the molecule is Cc1cc(C)n2c(SCc3csc(COc4ccc(Cl)cc4)n3)nnc2n1. The van der Waals surface area contributed by atoms with E-state index in [-0.39, 0.29) is 0 Å². The normalized spacial score (nSPS) is 11.2. The van der Waals surface area contributed by atoms with Gasteiger partial charge in [-0.1, -0.05) is 23.4 Å². The molecule has 0 saturated heterocycles. The Bertz CT molecular complexity index is 1080. The van der Waals surface area contributed by atoms with Gasteiger partial charge in [0.05, 0.1) is 5.69 Å². The van der Waals surface area contributed by atoms with Crippen LogP contribution in [0.5, 0.6) is 5.75 Å². The zero-order valence-corrected chi connectivity index (χ0v) is 17.1. The van der Waals surface area contributed by atoms with Crippen LogP contribution in [0.15, 0.2) is 40.9 Å². The summed E-state index contributed by atoms with van der Waals surface area (Å²) in [5, 5.41) is 12.9. The third kappa shape index (κ3) is 4.23. The maximum atomic E-state index is 5.88. The van der Waals surface area contributed by atoms with Gasteiger partial charge in [0.1, 0.15) is 17.4 Å². The van der Waals surface area contributed by atoms with Crippen LogP contribution in [0.25, 0.3) is 5.78 Å². The third-order valence-corrected chi connectivity index (χ3v) is 5.87. The van der Waals surface area contributed by atoms with E-state index < -0.39 is 0 Å². The Hall–Kier alpha value is -2.16. The van der Waals surface area contributed by atoms with E-state index in [9.17, 15) is 0 Å². The lowest BCUT2D eigenvalue weighted by atomic mass is 10.3. The van der Waals surface area contributed by atoms with Crippen LogP contribution in [0, 0.1) is 13.8 Å². The minimum absolute atomic E-state index is 0.438. The fraction of sp³-hybridized carbons (Fsp3) is 0.222. The lowest BCUT2D eigenvalue weighted by Gasteiger charge is -2.04. The second kappa shape index (κ2) is 7.84. The highest BCUT2D eigenvalue weighted by molar-refractivity contribution is 7.98. The van der Waals surface area contributed by atoms with Crippen molar-refractivity contribution in [2.75, 3.05) is 0 Å². The molecule has 0 amide bonds. The van der Waals surface area contributed by atoms with Gasteiger partial charge in [-0.25, -0.2) is 9.97 Å². The van der Waals surface area contributed by atoms with Crippen LogP contribution in [0.1, 0.15) is 22.1 Å². The quantitative estimate of drug-likeness (QED) is 0.423. The molecule has 0 radical (unpaired) electrons. The summed E-state index contributed by atoms with van der Waals surface area (Å²) in [7, 11) is 0. The van der Waals surface area contributed by atoms with Crippen LogP contribution in [-0.4, -0.2) is 24.6 Å². The van der Waals surface area contributed by atoms with Crippen molar-refractivity contribution in [2.24, 2.45) is 0 Å². The van der Waals surface area contributed by atoms with E-state index in [1.54, 1.807) is 23.1 Å². The number of fused-ring (bicyclic) bond motifs is 1. The van der Waals surface area contributed by atoms with Crippen molar-refractivity contribution >= 4 is 40.5 Å². The van der Waals surface area contributed by atoms with Crippen molar-refractivity contribution in [2.45, 2.75) is 31.4 Å². The van der Waals surface area contributed by atoms with E-state index in [2.05, 4.69) is 20.2 Å². The molecule has 0 atom stereocenters. The molecule has 3 heterocycles. The maximum Gasteiger partial charge on any atom is 0.256 e. The number of thiazole rings is 1. The monoisotopic (exact) mass is 417 g/mol. The van der Waals surface area contributed by atoms with Crippen LogP contribution in [-0.2, 0) is 12.4 Å². The predicted octanol–water partition coefficient (Wildman–Crippen LogP) is 4.72. The number of rotatable bonds is 6. The van der Waals surface area contributed by atoms with E-state index in [0.717, 1.165) is 33.0 Å². The summed E-state index contributed by atoms with van der Waals surface area (Å²) in [5.41, 5.74) is 3.00. The fourth-order valence-electron chi connectivity index (χ4n) is 2.59. The van der Waals surface area contributed by atoms with Gasteiger partial charge < -0.3 is 4.74 Å². The Morgan fingerprint density at radius 1 is 1.15 bits per heavy atom. The minimum Gasteiger partial charge on any atom is -0.486 e. The predicted molar refractivity (Wildman–Crippen MR) is 108 cm³/mol. The molecule has 4 aromatic rings. The first-order valence-corrected chi connectivity index (χ1v) is 10.5. The fourth-order valence-corrected chi connectivity index (χ4v) is 4.40. The lowest BCUT2D eigenvalue weighted by molar-refractivity contribution is 0.305. The first-order valence-electron chi connectivity index (χ1n) is 8.22. The molecule has 0 fully saturated rings. The Balaban J connectivity index is 1.39. The number of thioether (sulfide) groups is 1. The molecule has 1 aromatic carbocycles. The van der Waals surface area contributed by atoms with Crippen molar-refractivity contribution in [1.82, 2.24) is 24.6 Å². The molecule has 0 aliphatic carbocycles. The molecule has 0 bridgehead atoms. The Labute approximate surface area is 169 Å². The Morgan fingerprint density at radius 2 is 1.96 bits per heavy atom. The van der Waals surface area contributed by atoms with Crippen LogP contribution >= 0.6 is 34.7 Å². The Morgan fingerprint density at radius 3 is 2.78 bits per heavy atom. The summed E-state index contributed by atoms with van der Waals surface area (Å²) in [6.07, 6.45) is 0. The van der Waals surface area contributed by atoms with Gasteiger partial charge in [0.15, 0.2) is 5.16 Å². The first-order chi connectivity index (χ1) is 13.1. The van der Waals surface area contributed by atoms with E-state index >= 15 is 0 Å². The van der Waals surface area contributed by atoms with Gasteiger partial charge in [-0.05, 0) is 44.2 Å². The number of ether oxygens (including phenoxy) is 1. The van der Waals surface area contributed by atoms with E-state index in [1.165, 1.54) is 0 Å². The summed E-state index contributed by atoms with van der Waals surface area (Å²) in [6, 6.07) is 9.34. The number of hydrogen-bond donors (Lipinski definition) is 0. The lowest BCUT2D eigenvalue weighted by Crippen LogP contribution is -1.98. The summed E-state index contributed by atoms with van der Waals surface area (Å²) in [4.78, 5) is 9.04. The highest BCUT2D eigenvalue weighted by Gasteiger charge is 2.11. The van der Waals surface area contributed by atoms with Crippen LogP contribution in [0.3, 0.4) is 0 Å². The average molecular weight is 418 g/mol. The van der Waals surface area contributed by atoms with Crippen LogP contribution in [0.4, 0.5) is 0 Å². The zero-order valence-electron chi connectivity index (χ0n) is 14.7. The average Bonchev–Trinajstić information content (AvgIpc) is 3.26. The van der Waals surface area contributed by atoms with E-state index in [4.69, 9.17) is 16.3 Å². The van der Waals surface area contributed by atoms with Crippen molar-refractivity contribution in [1.29, 1.82) is 0 Å². The van der Waals surface area contributed by atoms with Gasteiger partial charge >= 0.3 is 0 Å². The first kappa shape index (κ1) is 18.2. The second-order valence-electron chi connectivity index (χ2n) is 5.92. The molecule has 4 rings (SSSR count). The number of aryl methyl sites for hydroxylation is 2. The summed E-state index contributed by atoms with van der Waals surface area (Å²) >= 11 is 9.06. The highest BCUT2D eigenvalue weighted by atomic mass is 35.5. The minimum atomic E-state index is 0.438. The number of nitrogens with zero attached hydrogens (tertiary/aromatic N) is 5. The molecule has 0 spiro atoms. The topological polar surface area (TPSA) is 65.2 Å². The summed E-state index contributed by atoms with van der Waals surface area (Å²) < 4.78 is 7.71. The molecule has 6 nitrogen and oxygen atoms in total. The molecule has 0 unspecified atom stereocenters. The molecule has 138 valence electrons. The third-order valence-electron chi connectivity index (χ3n) is 3.79. The molecular formula is C18H16ClN5OS2. The second-order valence-corrected chi connectivity index (χ2v) is 8.24. The van der Waals surface area contributed by atoms with Crippen molar-refractivity contribution in [3.05, 3.63) is 62.8 Å². The molecule has 27 heavy (non-hydrogen) atoms. The molecule has 0 saturated carbocycles. The number of aromatic nitrogens is 5.